The van der Waals surface area contributed by atoms with Gasteiger partial charge in [0.2, 0.25) is 0 Å². The summed E-state index contributed by atoms with van der Waals surface area (Å²) < 4.78 is 0. The van der Waals surface area contributed by atoms with Crippen molar-refractivity contribution in [1.29, 1.82) is 0 Å². The predicted molar refractivity (Wildman–Crippen MR) is 75.7 cm³/mol. The Morgan fingerprint density at radius 2 is 1.83 bits per heavy atom. The van der Waals surface area contributed by atoms with Gasteiger partial charge >= 0.3 is 0 Å². The monoisotopic (exact) mass is 258 g/mol. The van der Waals surface area contributed by atoms with E-state index in [0.29, 0.717) is 16.3 Å². The highest BCUT2D eigenvalue weighted by Gasteiger charge is 2.38. The molecule has 0 aliphatic heterocycles. The Morgan fingerprint density at radius 3 is 2.39 bits per heavy atom. The van der Waals surface area contributed by atoms with Crippen LogP contribution in [0.15, 0.2) is 36.5 Å². The molecule has 0 saturated heterocycles. The maximum absolute atomic E-state index is 5.99. The zero-order chi connectivity index (χ0) is 12.8. The second-order valence-corrected chi connectivity index (χ2v) is 5.64. The van der Waals surface area contributed by atoms with Crippen LogP contribution < -0.4 is 5.73 Å². The first-order valence-corrected chi connectivity index (χ1v) is 6.48. The maximum Gasteiger partial charge on any atom is 0.142 e. The molecule has 1 aromatic carbocycles. The summed E-state index contributed by atoms with van der Waals surface area (Å²) in [7, 11) is 0. The lowest BCUT2D eigenvalue weighted by Gasteiger charge is -2.10. The third kappa shape index (κ3) is 1.97. The second-order valence-electron chi connectivity index (χ2n) is 5.23. The van der Waals surface area contributed by atoms with Crippen LogP contribution in [0, 0.1) is 0 Å². The highest BCUT2D eigenvalue weighted by molar-refractivity contribution is 6.33. The summed E-state index contributed by atoms with van der Waals surface area (Å²) in [5.74, 6) is 0.377. The highest BCUT2D eigenvalue weighted by Crippen LogP contribution is 2.47. The van der Waals surface area contributed by atoms with Gasteiger partial charge in [0.25, 0.3) is 0 Å². The fourth-order valence-electron chi connectivity index (χ4n) is 2.15. The minimum atomic E-state index is 0.377. The lowest BCUT2D eigenvalue weighted by Crippen LogP contribution is -1.98. The molecule has 92 valence electrons. The van der Waals surface area contributed by atoms with Crippen molar-refractivity contribution in [2.24, 2.45) is 0 Å². The van der Waals surface area contributed by atoms with Crippen LogP contribution in [0.2, 0.25) is 5.02 Å². The van der Waals surface area contributed by atoms with Crippen LogP contribution in [0.3, 0.4) is 0 Å². The van der Waals surface area contributed by atoms with Crippen LogP contribution in [-0.2, 0) is 5.41 Å². The molecular weight excluding hydrogens is 244 g/mol. The standard InChI is InChI=1S/C15H15ClN2/c1-15(6-7-15)12-4-2-10(3-5-12)11-8-13(16)14(17)18-9-11/h2-5,8-9H,6-7H2,1H3,(H2,17,18). The van der Waals surface area contributed by atoms with Crippen LogP contribution in [0.4, 0.5) is 5.82 Å². The largest absolute Gasteiger partial charge is 0.382 e. The normalized spacial score (nSPS) is 16.6. The number of rotatable bonds is 2. The predicted octanol–water partition coefficient (Wildman–Crippen LogP) is 4.04. The Kier molecular flexibility index (Phi) is 2.56. The van der Waals surface area contributed by atoms with E-state index in [1.165, 1.54) is 18.4 Å². The molecule has 0 atom stereocenters. The molecule has 0 bridgehead atoms. The van der Waals surface area contributed by atoms with E-state index in [2.05, 4.69) is 36.2 Å². The van der Waals surface area contributed by atoms with Gasteiger partial charge in [0.15, 0.2) is 0 Å². The van der Waals surface area contributed by atoms with E-state index in [4.69, 9.17) is 17.3 Å². The van der Waals surface area contributed by atoms with Gasteiger partial charge in [0, 0.05) is 11.8 Å². The van der Waals surface area contributed by atoms with Gasteiger partial charge in [-0.1, -0.05) is 42.8 Å². The van der Waals surface area contributed by atoms with E-state index in [9.17, 15) is 0 Å². The third-order valence-electron chi connectivity index (χ3n) is 3.78. The summed E-state index contributed by atoms with van der Waals surface area (Å²) in [5.41, 5.74) is 9.57. The number of nitrogens with two attached hydrogens (primary N) is 1. The molecule has 1 aromatic heterocycles. The van der Waals surface area contributed by atoms with E-state index < -0.39 is 0 Å². The van der Waals surface area contributed by atoms with Crippen LogP contribution in [-0.4, -0.2) is 4.98 Å². The molecule has 1 aliphatic rings. The van der Waals surface area contributed by atoms with Crippen LogP contribution in [0.25, 0.3) is 11.1 Å². The molecular formula is C15H15ClN2. The molecule has 0 unspecified atom stereocenters. The van der Waals surface area contributed by atoms with Gasteiger partial charge in [-0.25, -0.2) is 4.98 Å². The van der Waals surface area contributed by atoms with Crippen LogP contribution in [0.1, 0.15) is 25.3 Å². The number of hydrogen-bond donors (Lipinski definition) is 1. The maximum atomic E-state index is 5.99. The topological polar surface area (TPSA) is 38.9 Å². The number of halogens is 1. The van der Waals surface area contributed by atoms with Gasteiger partial charge in [-0.2, -0.15) is 0 Å². The van der Waals surface area contributed by atoms with Gasteiger partial charge < -0.3 is 5.73 Å². The molecule has 3 heteroatoms. The molecule has 1 fully saturated rings. The summed E-state index contributed by atoms with van der Waals surface area (Å²) >= 11 is 5.99. The molecule has 1 heterocycles. The summed E-state index contributed by atoms with van der Waals surface area (Å²) in [4.78, 5) is 4.08. The molecule has 0 spiro atoms. The Morgan fingerprint density at radius 1 is 1.17 bits per heavy atom. The molecule has 2 nitrogen and oxygen atoms in total. The summed E-state index contributed by atoms with van der Waals surface area (Å²) in [6.07, 6.45) is 4.35. The number of nitrogens with zero attached hydrogens (tertiary/aromatic N) is 1. The number of pyridine rings is 1. The van der Waals surface area contributed by atoms with Crippen molar-refractivity contribution < 1.29 is 0 Å². The molecule has 3 rings (SSSR count). The zero-order valence-corrected chi connectivity index (χ0v) is 11.0. The zero-order valence-electron chi connectivity index (χ0n) is 10.3. The Balaban J connectivity index is 1.94. The number of aromatic nitrogens is 1. The van der Waals surface area contributed by atoms with E-state index in [1.54, 1.807) is 6.20 Å². The van der Waals surface area contributed by atoms with E-state index in [0.717, 1.165) is 11.1 Å². The van der Waals surface area contributed by atoms with Crippen molar-refractivity contribution in [3.63, 3.8) is 0 Å². The van der Waals surface area contributed by atoms with Crippen LogP contribution in [0.5, 0.6) is 0 Å². The Labute approximate surface area is 112 Å². The molecule has 18 heavy (non-hydrogen) atoms. The summed E-state index contributed by atoms with van der Waals surface area (Å²) in [6.45, 7) is 2.31. The van der Waals surface area contributed by atoms with Gasteiger partial charge in [0.1, 0.15) is 5.82 Å². The fourth-order valence-corrected chi connectivity index (χ4v) is 2.31. The SMILES string of the molecule is CC1(c2ccc(-c3cnc(N)c(Cl)c3)cc2)CC1. The Bertz CT molecular complexity index is 586. The van der Waals surface area contributed by atoms with Crippen LogP contribution >= 0.6 is 11.6 Å². The van der Waals surface area contributed by atoms with Crippen molar-refractivity contribution in [2.45, 2.75) is 25.2 Å². The lowest BCUT2D eigenvalue weighted by molar-refractivity contribution is 0.788. The minimum Gasteiger partial charge on any atom is -0.382 e. The smallest absolute Gasteiger partial charge is 0.142 e. The quantitative estimate of drug-likeness (QED) is 0.883. The first-order chi connectivity index (χ1) is 8.58. The van der Waals surface area contributed by atoms with Gasteiger partial charge in [-0.05, 0) is 35.4 Å². The molecule has 0 amide bonds. The molecule has 1 aliphatic carbocycles. The molecule has 2 N–H and O–H groups in total. The Hall–Kier alpha value is -1.54. The first kappa shape index (κ1) is 11.5. The van der Waals surface area contributed by atoms with E-state index in [-0.39, 0.29) is 0 Å². The van der Waals surface area contributed by atoms with Crippen molar-refractivity contribution >= 4 is 17.4 Å². The summed E-state index contributed by atoms with van der Waals surface area (Å²) in [5, 5.41) is 0.505. The number of nitrogen functional groups attached to an aromatic ring is 1. The summed E-state index contributed by atoms with van der Waals surface area (Å²) in [6, 6.07) is 10.5. The first-order valence-electron chi connectivity index (χ1n) is 6.10. The van der Waals surface area contributed by atoms with Crippen molar-refractivity contribution in [3.8, 4) is 11.1 Å². The average molecular weight is 259 g/mol. The minimum absolute atomic E-state index is 0.377. The second kappa shape index (κ2) is 3.99. The fraction of sp³-hybridized carbons (Fsp3) is 0.267. The van der Waals surface area contributed by atoms with Crippen molar-refractivity contribution in [2.75, 3.05) is 5.73 Å². The third-order valence-corrected chi connectivity index (χ3v) is 4.09. The van der Waals surface area contributed by atoms with Gasteiger partial charge in [-0.3, -0.25) is 0 Å². The van der Waals surface area contributed by atoms with E-state index >= 15 is 0 Å². The van der Waals surface area contributed by atoms with Crippen molar-refractivity contribution in [3.05, 3.63) is 47.1 Å². The van der Waals surface area contributed by atoms with Gasteiger partial charge in [-0.15, -0.1) is 0 Å². The molecule has 2 aromatic rings. The van der Waals surface area contributed by atoms with Gasteiger partial charge in [0.05, 0.1) is 5.02 Å². The number of hydrogen-bond acceptors (Lipinski definition) is 2. The van der Waals surface area contributed by atoms with Crippen molar-refractivity contribution in [1.82, 2.24) is 4.98 Å². The number of benzene rings is 1. The number of anilines is 1. The average Bonchev–Trinajstić information content (AvgIpc) is 3.12. The lowest BCUT2D eigenvalue weighted by atomic mass is 9.96. The van der Waals surface area contributed by atoms with E-state index in [1.807, 2.05) is 6.07 Å². The molecule has 0 radical (unpaired) electrons. The highest BCUT2D eigenvalue weighted by atomic mass is 35.5. The molecule has 1 saturated carbocycles.